The number of benzene rings is 1. The minimum Gasteiger partial charge on any atom is -0.489 e. The van der Waals surface area contributed by atoms with Crippen LogP contribution in [0.3, 0.4) is 0 Å². The maximum atomic E-state index is 12.6. The van der Waals surface area contributed by atoms with Crippen molar-refractivity contribution in [2.24, 2.45) is 0 Å². The van der Waals surface area contributed by atoms with Crippen LogP contribution in [0.1, 0.15) is 17.5 Å². The highest BCUT2D eigenvalue weighted by Gasteiger charge is 2.22. The maximum absolute atomic E-state index is 12.6. The number of rotatable bonds is 4. The highest BCUT2D eigenvalue weighted by Crippen LogP contribution is 2.38. The Morgan fingerprint density at radius 2 is 1.93 bits per heavy atom. The predicted molar refractivity (Wildman–Crippen MR) is 111 cm³/mol. The third-order valence-electron chi connectivity index (χ3n) is 5.23. The Morgan fingerprint density at radius 3 is 2.72 bits per heavy atom. The van der Waals surface area contributed by atoms with E-state index in [1.165, 1.54) is 10.5 Å². The molecule has 1 amide bonds. The number of quaternary nitrogens is 1. The van der Waals surface area contributed by atoms with Gasteiger partial charge in [0, 0.05) is 30.5 Å². The second-order valence-electron chi connectivity index (χ2n) is 7.32. The second-order valence-corrected chi connectivity index (χ2v) is 7.73. The van der Waals surface area contributed by atoms with Crippen molar-refractivity contribution in [3.05, 3.63) is 58.9 Å². The molecule has 2 aromatic rings. The zero-order chi connectivity index (χ0) is 20.1. The van der Waals surface area contributed by atoms with E-state index in [2.05, 4.69) is 4.98 Å². The Kier molecular flexibility index (Phi) is 6.32. The molecule has 3 heterocycles. The number of piperazine rings is 1. The summed E-state index contributed by atoms with van der Waals surface area (Å²) in [6.07, 6.45) is 7.88. The first-order chi connectivity index (χ1) is 14.2. The quantitative estimate of drug-likeness (QED) is 0.776. The number of hydrogen-bond donors (Lipinski definition) is 1. The molecule has 2 aliphatic rings. The molecule has 0 aliphatic carbocycles. The van der Waals surface area contributed by atoms with Crippen LogP contribution in [-0.2, 0) is 11.3 Å². The molecular weight excluding hydrogens is 390 g/mol. The fourth-order valence-electron chi connectivity index (χ4n) is 3.63. The van der Waals surface area contributed by atoms with Gasteiger partial charge in [-0.15, -0.1) is 0 Å². The molecule has 4 rings (SSSR count). The molecule has 29 heavy (non-hydrogen) atoms. The van der Waals surface area contributed by atoms with Gasteiger partial charge in [-0.05, 0) is 35.9 Å². The summed E-state index contributed by atoms with van der Waals surface area (Å²) in [7, 11) is 0. The molecule has 0 atom stereocenters. The summed E-state index contributed by atoms with van der Waals surface area (Å²) in [5, 5.41) is 0.504. The highest BCUT2D eigenvalue weighted by molar-refractivity contribution is 6.32. The third-order valence-corrected chi connectivity index (χ3v) is 5.51. The van der Waals surface area contributed by atoms with Crippen molar-refractivity contribution in [1.29, 1.82) is 0 Å². The van der Waals surface area contributed by atoms with Gasteiger partial charge in [-0.1, -0.05) is 11.6 Å². The first kappa shape index (κ1) is 19.7. The minimum absolute atomic E-state index is 0.0243. The molecule has 1 aromatic heterocycles. The zero-order valence-electron chi connectivity index (χ0n) is 16.3. The van der Waals surface area contributed by atoms with E-state index in [-0.39, 0.29) is 5.91 Å². The average molecular weight is 415 g/mol. The van der Waals surface area contributed by atoms with Crippen LogP contribution in [-0.4, -0.2) is 55.2 Å². The first-order valence-electron chi connectivity index (χ1n) is 9.97. The number of pyridine rings is 1. The summed E-state index contributed by atoms with van der Waals surface area (Å²) in [6.45, 7) is 5.56. The molecule has 0 radical (unpaired) electrons. The Balaban J connectivity index is 1.33. The van der Waals surface area contributed by atoms with E-state index in [9.17, 15) is 4.79 Å². The van der Waals surface area contributed by atoms with Crippen LogP contribution >= 0.6 is 11.6 Å². The largest absolute Gasteiger partial charge is 0.489 e. The smallest absolute Gasteiger partial charge is 0.246 e. The monoisotopic (exact) mass is 414 g/mol. The molecule has 0 unspecified atom stereocenters. The summed E-state index contributed by atoms with van der Waals surface area (Å²) in [5.41, 5.74) is 2.11. The van der Waals surface area contributed by atoms with E-state index in [0.29, 0.717) is 29.7 Å². The fraction of sp³-hybridized carbons (Fsp3) is 0.364. The molecule has 1 fully saturated rings. The lowest BCUT2D eigenvalue weighted by Gasteiger charge is -2.31. The molecule has 0 bridgehead atoms. The van der Waals surface area contributed by atoms with Crippen molar-refractivity contribution in [2.75, 3.05) is 39.4 Å². The summed E-state index contributed by atoms with van der Waals surface area (Å²) in [6, 6.07) is 7.77. The molecule has 2 aliphatic heterocycles. The van der Waals surface area contributed by atoms with Gasteiger partial charge < -0.3 is 19.3 Å². The van der Waals surface area contributed by atoms with Crippen LogP contribution < -0.4 is 14.4 Å². The summed E-state index contributed by atoms with van der Waals surface area (Å²) in [4.78, 5) is 20.0. The Hall–Kier alpha value is -2.57. The molecule has 152 valence electrons. The lowest BCUT2D eigenvalue weighted by molar-refractivity contribution is -0.917. The molecule has 0 saturated carbocycles. The van der Waals surface area contributed by atoms with Crippen molar-refractivity contribution in [3.8, 4) is 11.5 Å². The van der Waals surface area contributed by atoms with Crippen molar-refractivity contribution in [2.45, 2.75) is 13.0 Å². The first-order valence-corrected chi connectivity index (χ1v) is 10.4. The molecule has 1 N–H and O–H groups in total. The molecular formula is C22H25ClN3O3+. The van der Waals surface area contributed by atoms with Gasteiger partial charge in [0.2, 0.25) is 5.91 Å². The standard InChI is InChI=1S/C22H24ClN3O3/c23-19-14-18(15-20-22(19)29-13-1-12-28-20)2-3-21(27)26-10-8-25(9-11-26)16-17-4-6-24-7-5-17/h2-7,14-15H,1,8-13,16H2/p+1/b3-2+. The summed E-state index contributed by atoms with van der Waals surface area (Å²) in [5.74, 6) is 1.24. The van der Waals surface area contributed by atoms with Gasteiger partial charge in [0.15, 0.2) is 11.5 Å². The number of halogens is 1. The van der Waals surface area contributed by atoms with Crippen LogP contribution in [0.4, 0.5) is 0 Å². The number of fused-ring (bicyclic) bond motifs is 1. The van der Waals surface area contributed by atoms with Crippen LogP contribution in [0.5, 0.6) is 11.5 Å². The minimum atomic E-state index is 0.0243. The van der Waals surface area contributed by atoms with Gasteiger partial charge in [-0.25, -0.2) is 0 Å². The maximum Gasteiger partial charge on any atom is 0.246 e. The van der Waals surface area contributed by atoms with Gasteiger partial charge in [-0.3, -0.25) is 9.78 Å². The van der Waals surface area contributed by atoms with E-state index in [1.54, 1.807) is 18.2 Å². The number of carbonyl (C=O) groups is 1. The molecule has 6 nitrogen and oxygen atoms in total. The molecule has 0 spiro atoms. The van der Waals surface area contributed by atoms with Crippen LogP contribution in [0.2, 0.25) is 5.02 Å². The third kappa shape index (κ3) is 5.08. The Labute approximate surface area is 175 Å². The lowest BCUT2D eigenvalue weighted by Crippen LogP contribution is -3.13. The van der Waals surface area contributed by atoms with Gasteiger partial charge in [-0.2, -0.15) is 0 Å². The van der Waals surface area contributed by atoms with Gasteiger partial charge in [0.05, 0.1) is 44.4 Å². The van der Waals surface area contributed by atoms with Crippen molar-refractivity contribution >= 4 is 23.6 Å². The van der Waals surface area contributed by atoms with Crippen LogP contribution in [0, 0.1) is 0 Å². The Morgan fingerprint density at radius 1 is 1.17 bits per heavy atom. The predicted octanol–water partition coefficient (Wildman–Crippen LogP) is 1.84. The van der Waals surface area contributed by atoms with Crippen molar-refractivity contribution < 1.29 is 19.2 Å². The summed E-state index contributed by atoms with van der Waals surface area (Å²) < 4.78 is 11.4. The number of nitrogens with one attached hydrogen (secondary N) is 1. The second kappa shape index (κ2) is 9.29. The normalized spacial score (nSPS) is 17.3. The Bertz CT molecular complexity index is 880. The highest BCUT2D eigenvalue weighted by atomic mass is 35.5. The number of aromatic nitrogens is 1. The van der Waals surface area contributed by atoms with Gasteiger partial charge in [0.25, 0.3) is 0 Å². The number of nitrogens with zero attached hydrogens (tertiary/aromatic N) is 2. The lowest BCUT2D eigenvalue weighted by atomic mass is 10.1. The fourth-order valence-corrected chi connectivity index (χ4v) is 3.90. The van der Waals surface area contributed by atoms with E-state index in [0.717, 1.165) is 44.7 Å². The van der Waals surface area contributed by atoms with E-state index in [4.69, 9.17) is 21.1 Å². The number of ether oxygens (including phenoxy) is 2. The van der Waals surface area contributed by atoms with Crippen molar-refractivity contribution in [1.82, 2.24) is 9.88 Å². The molecule has 7 heteroatoms. The van der Waals surface area contributed by atoms with E-state index < -0.39 is 0 Å². The summed E-state index contributed by atoms with van der Waals surface area (Å²) >= 11 is 6.33. The van der Waals surface area contributed by atoms with E-state index >= 15 is 0 Å². The average Bonchev–Trinajstić information content (AvgIpc) is 2.99. The molecule has 1 aromatic carbocycles. The topological polar surface area (TPSA) is 56.1 Å². The van der Waals surface area contributed by atoms with E-state index in [1.807, 2.05) is 35.5 Å². The zero-order valence-corrected chi connectivity index (χ0v) is 17.0. The van der Waals surface area contributed by atoms with Gasteiger partial charge in [0.1, 0.15) is 6.54 Å². The SMILES string of the molecule is O=C(/C=C/c1cc(Cl)c2c(c1)OCCCO2)N1CC[NH+](Cc2ccncc2)CC1. The van der Waals surface area contributed by atoms with Crippen LogP contribution in [0.25, 0.3) is 6.08 Å². The molecule has 1 saturated heterocycles. The van der Waals surface area contributed by atoms with Gasteiger partial charge >= 0.3 is 0 Å². The number of carbonyl (C=O) groups excluding carboxylic acids is 1. The van der Waals surface area contributed by atoms with Crippen LogP contribution in [0.15, 0.2) is 42.7 Å². The van der Waals surface area contributed by atoms with Crippen molar-refractivity contribution in [3.63, 3.8) is 0 Å². The number of amides is 1. The number of hydrogen-bond acceptors (Lipinski definition) is 4.